The molecule has 0 radical (unpaired) electrons. The SMILES string of the molecule is C[N+](O)=c1ccc(=O)c2c(O)c3c(=O)ccc(=Nc4ccccc4)c3c(O)c12. The summed E-state index contributed by atoms with van der Waals surface area (Å²) in [5.74, 6) is -0.963. The van der Waals surface area contributed by atoms with Gasteiger partial charge in [-0.05, 0) is 35.1 Å². The monoisotopic (exact) mass is 375 g/mol. The van der Waals surface area contributed by atoms with E-state index >= 15 is 0 Å². The molecule has 28 heavy (non-hydrogen) atoms. The zero-order valence-electron chi connectivity index (χ0n) is 14.7. The number of para-hydroxylation sites is 1. The summed E-state index contributed by atoms with van der Waals surface area (Å²) in [7, 11) is 1.32. The van der Waals surface area contributed by atoms with Crippen LogP contribution in [-0.2, 0) is 0 Å². The maximum atomic E-state index is 12.5. The van der Waals surface area contributed by atoms with Crippen molar-refractivity contribution in [3.8, 4) is 11.5 Å². The third-order valence-electron chi connectivity index (χ3n) is 4.59. The summed E-state index contributed by atoms with van der Waals surface area (Å²) in [5, 5.41) is 31.5. The van der Waals surface area contributed by atoms with Gasteiger partial charge in [0.2, 0.25) is 0 Å². The van der Waals surface area contributed by atoms with Crippen LogP contribution in [0, 0.1) is 0 Å². The Morgan fingerprint density at radius 1 is 0.750 bits per heavy atom. The van der Waals surface area contributed by atoms with Crippen LogP contribution in [0.1, 0.15) is 0 Å². The summed E-state index contributed by atoms with van der Waals surface area (Å²) >= 11 is 0. The first-order chi connectivity index (χ1) is 13.4. The highest BCUT2D eigenvalue weighted by Gasteiger charge is 2.22. The highest BCUT2D eigenvalue weighted by Crippen LogP contribution is 2.35. The molecule has 7 heteroatoms. The van der Waals surface area contributed by atoms with Crippen LogP contribution in [-0.4, -0.2) is 22.5 Å². The van der Waals surface area contributed by atoms with E-state index in [2.05, 4.69) is 4.99 Å². The summed E-state index contributed by atoms with van der Waals surface area (Å²) in [6.45, 7) is 0. The maximum absolute atomic E-state index is 12.5. The average Bonchev–Trinajstić information content (AvgIpc) is 2.67. The van der Waals surface area contributed by atoms with E-state index in [0.717, 1.165) is 10.8 Å². The molecule has 0 bridgehead atoms. The van der Waals surface area contributed by atoms with Crippen LogP contribution in [0.25, 0.3) is 21.5 Å². The molecular formula is C21H15N2O5+. The lowest BCUT2D eigenvalue weighted by Gasteiger charge is -2.08. The van der Waals surface area contributed by atoms with Gasteiger partial charge in [0.15, 0.2) is 17.9 Å². The van der Waals surface area contributed by atoms with Gasteiger partial charge >= 0.3 is 0 Å². The molecule has 0 fully saturated rings. The number of benzene rings is 4. The van der Waals surface area contributed by atoms with E-state index in [1.165, 1.54) is 25.2 Å². The molecule has 0 amide bonds. The lowest BCUT2D eigenvalue weighted by molar-refractivity contribution is 0.127. The maximum Gasteiger partial charge on any atom is 0.262 e. The fourth-order valence-corrected chi connectivity index (χ4v) is 3.35. The van der Waals surface area contributed by atoms with E-state index in [1.807, 2.05) is 6.07 Å². The Morgan fingerprint density at radius 2 is 1.32 bits per heavy atom. The number of phenolic OH excluding ortho intramolecular Hbond substituents is 2. The number of hydroxylamine groups is 1. The number of fused-ring (bicyclic) bond motifs is 2. The average molecular weight is 375 g/mol. The van der Waals surface area contributed by atoms with Crippen molar-refractivity contribution >= 4 is 27.2 Å². The molecule has 0 atom stereocenters. The Hall–Kier alpha value is -4.00. The Balaban J connectivity index is 2.37. The second-order valence-electron chi connectivity index (χ2n) is 6.33. The van der Waals surface area contributed by atoms with Gasteiger partial charge in [-0.1, -0.05) is 18.2 Å². The Bertz CT molecular complexity index is 1480. The highest BCUT2D eigenvalue weighted by atomic mass is 16.5. The van der Waals surface area contributed by atoms with Gasteiger partial charge in [0.1, 0.15) is 16.9 Å². The molecule has 0 aliphatic rings. The lowest BCUT2D eigenvalue weighted by Crippen LogP contribution is -2.25. The summed E-state index contributed by atoms with van der Waals surface area (Å²) in [6, 6.07) is 14.0. The number of phenols is 2. The summed E-state index contributed by atoms with van der Waals surface area (Å²) < 4.78 is 0.724. The van der Waals surface area contributed by atoms with Crippen LogP contribution in [0.15, 0.2) is 69.2 Å². The predicted octanol–water partition coefficient (Wildman–Crippen LogP) is 1.02. The molecule has 0 saturated heterocycles. The molecule has 0 aliphatic carbocycles. The van der Waals surface area contributed by atoms with E-state index in [-0.39, 0.29) is 32.3 Å². The number of nitrogens with zero attached hydrogens (tertiary/aromatic N) is 2. The zero-order valence-corrected chi connectivity index (χ0v) is 14.7. The number of aromatic hydroxyl groups is 2. The van der Waals surface area contributed by atoms with Crippen LogP contribution < -0.4 is 26.3 Å². The van der Waals surface area contributed by atoms with Gasteiger partial charge in [-0.3, -0.25) is 14.8 Å². The lowest BCUT2D eigenvalue weighted by atomic mass is 9.99. The Kier molecular flexibility index (Phi) is 3.93. The van der Waals surface area contributed by atoms with Crippen molar-refractivity contribution in [1.29, 1.82) is 0 Å². The van der Waals surface area contributed by atoms with Crippen molar-refractivity contribution in [1.82, 2.24) is 4.74 Å². The molecule has 0 heterocycles. The highest BCUT2D eigenvalue weighted by molar-refractivity contribution is 6.10. The van der Waals surface area contributed by atoms with Crippen molar-refractivity contribution in [3.63, 3.8) is 0 Å². The Morgan fingerprint density at radius 3 is 1.96 bits per heavy atom. The van der Waals surface area contributed by atoms with E-state index < -0.39 is 22.4 Å². The first-order valence-electron chi connectivity index (χ1n) is 8.41. The standard InChI is InChI=1S/C21H14N2O5/c1-23(28)13-8-10-15(25)19-17(13)20(26)16-12(22-11-5-3-2-4-6-11)7-9-14(24)18(16)21(19)27/h2-10,28H,1H3,(H,25,27)/p+1. The van der Waals surface area contributed by atoms with Gasteiger partial charge in [0.25, 0.3) is 5.36 Å². The van der Waals surface area contributed by atoms with E-state index in [0.29, 0.717) is 5.69 Å². The van der Waals surface area contributed by atoms with Crippen molar-refractivity contribution in [2.75, 3.05) is 7.05 Å². The smallest absolute Gasteiger partial charge is 0.262 e. The van der Waals surface area contributed by atoms with E-state index in [1.54, 1.807) is 24.3 Å². The van der Waals surface area contributed by atoms with Crippen molar-refractivity contribution < 1.29 is 15.4 Å². The molecule has 4 aromatic carbocycles. The second kappa shape index (κ2) is 6.31. The number of hydrogen-bond donors (Lipinski definition) is 3. The fraction of sp³-hybridized carbons (Fsp3) is 0.0476. The van der Waals surface area contributed by atoms with Crippen LogP contribution in [0.5, 0.6) is 11.5 Å². The van der Waals surface area contributed by atoms with Crippen molar-refractivity contribution in [2.45, 2.75) is 0 Å². The summed E-state index contributed by atoms with van der Waals surface area (Å²) in [6.07, 6.45) is 0. The quantitative estimate of drug-likeness (QED) is 0.151. The van der Waals surface area contributed by atoms with Crippen LogP contribution in [0.4, 0.5) is 5.69 Å². The van der Waals surface area contributed by atoms with Crippen LogP contribution in [0.2, 0.25) is 0 Å². The summed E-state index contributed by atoms with van der Waals surface area (Å²) in [5.41, 5.74) is -0.558. The molecule has 0 aromatic heterocycles. The van der Waals surface area contributed by atoms with Crippen LogP contribution in [0.3, 0.4) is 0 Å². The summed E-state index contributed by atoms with van der Waals surface area (Å²) in [4.78, 5) is 29.3. The Labute approximate surface area is 157 Å². The molecule has 0 unspecified atom stereocenters. The molecule has 7 nitrogen and oxygen atoms in total. The largest absolute Gasteiger partial charge is 0.506 e. The van der Waals surface area contributed by atoms with Crippen molar-refractivity contribution in [3.05, 3.63) is 85.8 Å². The zero-order chi connectivity index (χ0) is 20.0. The predicted molar refractivity (Wildman–Crippen MR) is 104 cm³/mol. The van der Waals surface area contributed by atoms with E-state index in [4.69, 9.17) is 0 Å². The van der Waals surface area contributed by atoms with E-state index in [9.17, 15) is 25.0 Å². The normalized spacial score (nSPS) is 13.2. The third-order valence-corrected chi connectivity index (χ3v) is 4.59. The van der Waals surface area contributed by atoms with Gasteiger partial charge in [0, 0.05) is 6.07 Å². The molecule has 3 N–H and O–H groups in total. The number of rotatable bonds is 1. The molecule has 138 valence electrons. The fourth-order valence-electron chi connectivity index (χ4n) is 3.35. The minimum absolute atomic E-state index is 0.00931. The first-order valence-corrected chi connectivity index (χ1v) is 8.41. The van der Waals surface area contributed by atoms with Crippen LogP contribution >= 0.6 is 0 Å². The van der Waals surface area contributed by atoms with Gasteiger partial charge in [-0.2, -0.15) is 0 Å². The molecular weight excluding hydrogens is 360 g/mol. The van der Waals surface area contributed by atoms with Gasteiger partial charge in [-0.15, -0.1) is 0 Å². The minimum atomic E-state index is -0.583. The molecule has 0 spiro atoms. The minimum Gasteiger partial charge on any atom is -0.506 e. The third kappa shape index (κ3) is 2.52. The molecule has 0 aliphatic heterocycles. The topological polar surface area (TPSA) is 110 Å². The second-order valence-corrected chi connectivity index (χ2v) is 6.33. The van der Waals surface area contributed by atoms with Crippen molar-refractivity contribution in [2.24, 2.45) is 4.99 Å². The first kappa shape index (κ1) is 17.4. The molecule has 4 rings (SSSR count). The van der Waals surface area contributed by atoms with Gasteiger partial charge in [0.05, 0.1) is 27.2 Å². The molecule has 0 saturated carbocycles. The van der Waals surface area contributed by atoms with Gasteiger partial charge < -0.3 is 10.2 Å². The number of hydrogen-bond acceptors (Lipinski definition) is 6. The molecule has 4 aromatic rings. The van der Waals surface area contributed by atoms with Gasteiger partial charge in [-0.25, -0.2) is 4.99 Å².